The standard InChI is InChI=1S/C27H25NO4/c1-4-32-22-14-12-21(13-15-22)28-24(20-7-5-6-18(3)16-20)23(26(30)27(28)31)25(29)19-10-8-17(2)9-11-19/h5-16,24,29H,4H2,1-3H3/b25-23-. The lowest BCUT2D eigenvalue weighted by molar-refractivity contribution is -0.132. The van der Waals surface area contributed by atoms with Gasteiger partial charge >= 0.3 is 0 Å². The van der Waals surface area contributed by atoms with Crippen LogP contribution in [0.15, 0.2) is 78.4 Å². The minimum absolute atomic E-state index is 0.0818. The van der Waals surface area contributed by atoms with Crippen molar-refractivity contribution in [1.82, 2.24) is 0 Å². The highest BCUT2D eigenvalue weighted by Gasteiger charge is 2.46. The first-order valence-electron chi connectivity index (χ1n) is 10.6. The summed E-state index contributed by atoms with van der Waals surface area (Å²) in [7, 11) is 0. The zero-order valence-electron chi connectivity index (χ0n) is 18.3. The van der Waals surface area contributed by atoms with Gasteiger partial charge < -0.3 is 9.84 Å². The molecular weight excluding hydrogens is 402 g/mol. The van der Waals surface area contributed by atoms with Gasteiger partial charge in [0.2, 0.25) is 0 Å². The third-order valence-corrected chi connectivity index (χ3v) is 5.55. The maximum absolute atomic E-state index is 13.2. The highest BCUT2D eigenvalue weighted by molar-refractivity contribution is 6.51. The second-order valence-electron chi connectivity index (χ2n) is 7.88. The second-order valence-corrected chi connectivity index (χ2v) is 7.88. The monoisotopic (exact) mass is 427 g/mol. The number of ether oxygens (including phenoxy) is 1. The van der Waals surface area contributed by atoms with Crippen LogP contribution in [0.2, 0.25) is 0 Å². The number of aryl methyl sites for hydroxylation is 2. The zero-order valence-corrected chi connectivity index (χ0v) is 18.3. The van der Waals surface area contributed by atoms with E-state index < -0.39 is 17.7 Å². The number of benzene rings is 3. The average Bonchev–Trinajstić information content (AvgIpc) is 3.05. The molecule has 0 aromatic heterocycles. The van der Waals surface area contributed by atoms with Crippen molar-refractivity contribution in [3.8, 4) is 5.75 Å². The predicted octanol–water partition coefficient (Wildman–Crippen LogP) is 5.33. The molecule has 3 aromatic carbocycles. The fourth-order valence-corrected chi connectivity index (χ4v) is 3.99. The molecule has 3 aromatic rings. The maximum Gasteiger partial charge on any atom is 0.300 e. The molecule has 0 spiro atoms. The molecule has 1 atom stereocenters. The van der Waals surface area contributed by atoms with Crippen LogP contribution in [0.25, 0.3) is 5.76 Å². The van der Waals surface area contributed by atoms with E-state index in [0.717, 1.165) is 16.7 Å². The van der Waals surface area contributed by atoms with Crippen molar-refractivity contribution in [2.24, 2.45) is 0 Å². The molecule has 1 heterocycles. The Balaban J connectivity index is 1.89. The molecule has 0 radical (unpaired) electrons. The molecule has 0 saturated carbocycles. The SMILES string of the molecule is CCOc1ccc(N2C(=O)C(=O)/C(=C(\O)c3ccc(C)cc3)C2c2cccc(C)c2)cc1. The van der Waals surface area contributed by atoms with Gasteiger partial charge in [0, 0.05) is 11.3 Å². The highest BCUT2D eigenvalue weighted by atomic mass is 16.5. The number of Topliss-reactive ketones (excluding diaryl/α,β-unsaturated/α-hetero) is 1. The number of carbonyl (C=O) groups excluding carboxylic acids is 2. The third kappa shape index (κ3) is 3.89. The Morgan fingerprint density at radius 1 is 0.938 bits per heavy atom. The molecule has 1 unspecified atom stereocenters. The Hall–Kier alpha value is -3.86. The Morgan fingerprint density at radius 2 is 1.62 bits per heavy atom. The molecule has 32 heavy (non-hydrogen) atoms. The Kier molecular flexibility index (Phi) is 5.82. The molecule has 1 N–H and O–H groups in total. The molecule has 0 bridgehead atoms. The van der Waals surface area contributed by atoms with Crippen LogP contribution in [0.4, 0.5) is 5.69 Å². The van der Waals surface area contributed by atoms with Gasteiger partial charge in [-0.1, -0.05) is 59.7 Å². The van der Waals surface area contributed by atoms with Crippen LogP contribution in [-0.2, 0) is 9.59 Å². The van der Waals surface area contributed by atoms with E-state index in [4.69, 9.17) is 4.74 Å². The van der Waals surface area contributed by atoms with Gasteiger partial charge in [0.15, 0.2) is 0 Å². The van der Waals surface area contributed by atoms with Crippen molar-refractivity contribution in [3.63, 3.8) is 0 Å². The van der Waals surface area contributed by atoms with E-state index >= 15 is 0 Å². The normalized spacial score (nSPS) is 17.6. The average molecular weight is 428 g/mol. The lowest BCUT2D eigenvalue weighted by Gasteiger charge is -2.26. The van der Waals surface area contributed by atoms with Gasteiger partial charge in [-0.2, -0.15) is 0 Å². The van der Waals surface area contributed by atoms with E-state index in [1.54, 1.807) is 36.4 Å². The van der Waals surface area contributed by atoms with Gasteiger partial charge in [-0.3, -0.25) is 14.5 Å². The molecule has 4 rings (SSSR count). The van der Waals surface area contributed by atoms with Crippen LogP contribution in [0.1, 0.15) is 35.2 Å². The largest absolute Gasteiger partial charge is 0.507 e. The number of aliphatic hydroxyl groups excluding tert-OH is 1. The van der Waals surface area contributed by atoms with Gasteiger partial charge in [0.05, 0.1) is 18.2 Å². The van der Waals surface area contributed by atoms with Crippen molar-refractivity contribution in [3.05, 3.63) is 101 Å². The Labute approximate surface area is 187 Å². The van der Waals surface area contributed by atoms with Crippen LogP contribution >= 0.6 is 0 Å². The van der Waals surface area contributed by atoms with Crippen molar-refractivity contribution in [2.75, 3.05) is 11.5 Å². The first-order valence-corrected chi connectivity index (χ1v) is 10.6. The molecule has 1 fully saturated rings. The summed E-state index contributed by atoms with van der Waals surface area (Å²) in [5.74, 6) is -0.874. The summed E-state index contributed by atoms with van der Waals surface area (Å²) in [5, 5.41) is 11.1. The number of anilines is 1. The number of hydrogen-bond acceptors (Lipinski definition) is 4. The molecule has 1 amide bonds. The van der Waals surface area contributed by atoms with Crippen molar-refractivity contribution in [2.45, 2.75) is 26.8 Å². The van der Waals surface area contributed by atoms with Crippen LogP contribution in [-0.4, -0.2) is 23.4 Å². The lowest BCUT2D eigenvalue weighted by atomic mass is 9.94. The second kappa shape index (κ2) is 8.71. The van der Waals surface area contributed by atoms with Gasteiger partial charge in [-0.15, -0.1) is 0 Å². The van der Waals surface area contributed by atoms with Gasteiger partial charge in [0.25, 0.3) is 11.7 Å². The summed E-state index contributed by atoms with van der Waals surface area (Å²) in [6.07, 6.45) is 0. The molecule has 5 nitrogen and oxygen atoms in total. The first kappa shape index (κ1) is 21.4. The number of carbonyl (C=O) groups is 2. The summed E-state index contributed by atoms with van der Waals surface area (Å²) in [5.41, 5.74) is 3.93. The van der Waals surface area contributed by atoms with Crippen molar-refractivity contribution < 1.29 is 19.4 Å². The van der Waals surface area contributed by atoms with E-state index in [1.165, 1.54) is 4.90 Å². The van der Waals surface area contributed by atoms with Crippen LogP contribution < -0.4 is 9.64 Å². The Morgan fingerprint density at radius 3 is 2.25 bits per heavy atom. The minimum atomic E-state index is -0.742. The molecule has 1 aliphatic heterocycles. The number of ketones is 1. The van der Waals surface area contributed by atoms with E-state index in [2.05, 4.69) is 0 Å². The smallest absolute Gasteiger partial charge is 0.300 e. The van der Waals surface area contributed by atoms with Gasteiger partial charge in [-0.05, 0) is 50.6 Å². The number of nitrogens with zero attached hydrogens (tertiary/aromatic N) is 1. The summed E-state index contributed by atoms with van der Waals surface area (Å²) in [6.45, 7) is 6.33. The summed E-state index contributed by atoms with van der Waals surface area (Å²) < 4.78 is 5.51. The van der Waals surface area contributed by atoms with Crippen LogP contribution in [0, 0.1) is 13.8 Å². The number of hydrogen-bond donors (Lipinski definition) is 1. The van der Waals surface area contributed by atoms with E-state index in [1.807, 2.05) is 57.2 Å². The lowest BCUT2D eigenvalue weighted by Crippen LogP contribution is -2.29. The first-order chi connectivity index (χ1) is 15.4. The maximum atomic E-state index is 13.2. The minimum Gasteiger partial charge on any atom is -0.507 e. The highest BCUT2D eigenvalue weighted by Crippen LogP contribution is 2.42. The molecule has 1 saturated heterocycles. The van der Waals surface area contributed by atoms with E-state index in [9.17, 15) is 14.7 Å². The fourth-order valence-electron chi connectivity index (χ4n) is 3.99. The zero-order chi connectivity index (χ0) is 22.8. The van der Waals surface area contributed by atoms with Gasteiger partial charge in [-0.25, -0.2) is 0 Å². The number of aliphatic hydroxyl groups is 1. The fraction of sp³-hybridized carbons (Fsp3) is 0.185. The molecule has 162 valence electrons. The van der Waals surface area contributed by atoms with Gasteiger partial charge in [0.1, 0.15) is 11.5 Å². The third-order valence-electron chi connectivity index (χ3n) is 5.55. The summed E-state index contributed by atoms with van der Waals surface area (Å²) in [4.78, 5) is 27.8. The van der Waals surface area contributed by atoms with E-state index in [0.29, 0.717) is 23.6 Å². The number of amides is 1. The predicted molar refractivity (Wildman–Crippen MR) is 125 cm³/mol. The van der Waals surface area contributed by atoms with Crippen molar-refractivity contribution >= 4 is 23.1 Å². The molecule has 5 heteroatoms. The molecule has 0 aliphatic carbocycles. The van der Waals surface area contributed by atoms with Crippen LogP contribution in [0.5, 0.6) is 5.75 Å². The Bertz CT molecular complexity index is 1190. The summed E-state index contributed by atoms with van der Waals surface area (Å²) in [6, 6.07) is 21.2. The quantitative estimate of drug-likeness (QED) is 0.340. The molecular formula is C27H25NO4. The summed E-state index contributed by atoms with van der Waals surface area (Å²) >= 11 is 0. The van der Waals surface area contributed by atoms with Crippen molar-refractivity contribution in [1.29, 1.82) is 0 Å². The number of rotatable bonds is 5. The van der Waals surface area contributed by atoms with E-state index in [-0.39, 0.29) is 11.3 Å². The van der Waals surface area contributed by atoms with Crippen LogP contribution in [0.3, 0.4) is 0 Å². The molecule has 1 aliphatic rings. The topological polar surface area (TPSA) is 66.8 Å².